The van der Waals surface area contributed by atoms with Crippen LogP contribution in [0.5, 0.6) is 5.75 Å². The first-order chi connectivity index (χ1) is 11.8. The maximum absolute atomic E-state index is 5.92. The Morgan fingerprint density at radius 2 is 2.17 bits per heavy atom. The number of hydrogen-bond donors (Lipinski definition) is 0. The largest absolute Gasteiger partial charge is 0.493 e. The highest BCUT2D eigenvalue weighted by atomic mass is 32.2. The van der Waals surface area contributed by atoms with E-state index in [0.717, 1.165) is 47.1 Å². The van der Waals surface area contributed by atoms with E-state index < -0.39 is 0 Å². The lowest BCUT2D eigenvalue weighted by molar-refractivity contribution is -0.612. The molecule has 1 aliphatic rings. The molecule has 0 radical (unpaired) electrons. The monoisotopic (exact) mass is 342 g/mol. The SMILES string of the molecule is COCCCOc1cc2[n+](cc1C)-c1nc3ccccc3n1SC2. The molecule has 0 fully saturated rings. The number of nitrogens with zero attached hydrogens (tertiary/aromatic N) is 3. The van der Waals surface area contributed by atoms with Crippen molar-refractivity contribution in [2.75, 3.05) is 20.3 Å². The van der Waals surface area contributed by atoms with Crippen molar-refractivity contribution in [1.82, 2.24) is 8.96 Å². The van der Waals surface area contributed by atoms with Crippen LogP contribution in [0.4, 0.5) is 0 Å². The molecule has 4 rings (SSSR count). The van der Waals surface area contributed by atoms with E-state index in [1.165, 1.54) is 5.69 Å². The van der Waals surface area contributed by atoms with Crippen molar-refractivity contribution in [2.45, 2.75) is 19.1 Å². The van der Waals surface area contributed by atoms with Gasteiger partial charge in [0, 0.05) is 43.7 Å². The molecule has 1 aromatic carbocycles. The molecular weight excluding hydrogens is 322 g/mol. The second-order valence-electron chi connectivity index (χ2n) is 5.85. The predicted molar refractivity (Wildman–Crippen MR) is 94.7 cm³/mol. The van der Waals surface area contributed by atoms with Gasteiger partial charge in [-0.25, -0.2) is 4.57 Å². The Balaban J connectivity index is 1.69. The average molecular weight is 342 g/mol. The summed E-state index contributed by atoms with van der Waals surface area (Å²) in [4.78, 5) is 4.80. The van der Waals surface area contributed by atoms with Crippen LogP contribution in [-0.4, -0.2) is 29.3 Å². The van der Waals surface area contributed by atoms with Crippen molar-refractivity contribution in [3.63, 3.8) is 0 Å². The van der Waals surface area contributed by atoms with Crippen LogP contribution in [0.3, 0.4) is 0 Å². The molecule has 0 spiro atoms. The van der Waals surface area contributed by atoms with Crippen molar-refractivity contribution < 1.29 is 14.0 Å². The molecule has 0 saturated carbocycles. The summed E-state index contributed by atoms with van der Waals surface area (Å²) >= 11 is 1.77. The summed E-state index contributed by atoms with van der Waals surface area (Å²) in [5.74, 6) is 2.79. The Morgan fingerprint density at radius 1 is 1.29 bits per heavy atom. The Labute approximate surface area is 145 Å². The van der Waals surface area contributed by atoms with E-state index in [4.69, 9.17) is 14.5 Å². The van der Waals surface area contributed by atoms with Crippen LogP contribution >= 0.6 is 11.9 Å². The van der Waals surface area contributed by atoms with Gasteiger partial charge in [-0.1, -0.05) is 17.1 Å². The number of benzene rings is 1. The van der Waals surface area contributed by atoms with Gasteiger partial charge in [-0.2, -0.15) is 3.97 Å². The Morgan fingerprint density at radius 3 is 3.04 bits per heavy atom. The van der Waals surface area contributed by atoms with Gasteiger partial charge < -0.3 is 9.47 Å². The maximum atomic E-state index is 5.92. The van der Waals surface area contributed by atoms with E-state index in [-0.39, 0.29) is 0 Å². The summed E-state index contributed by atoms with van der Waals surface area (Å²) in [6.07, 6.45) is 3.02. The van der Waals surface area contributed by atoms with E-state index in [2.05, 4.69) is 45.9 Å². The summed E-state index contributed by atoms with van der Waals surface area (Å²) < 4.78 is 15.4. The number of hydrogen-bond acceptors (Lipinski definition) is 4. The van der Waals surface area contributed by atoms with Crippen LogP contribution < -0.4 is 9.30 Å². The topological polar surface area (TPSA) is 40.2 Å². The van der Waals surface area contributed by atoms with Crippen LogP contribution in [0.1, 0.15) is 17.7 Å². The molecule has 124 valence electrons. The number of aryl methyl sites for hydroxylation is 1. The molecule has 0 amide bonds. The molecule has 0 bridgehead atoms. The van der Waals surface area contributed by atoms with E-state index in [1.807, 2.05) is 6.07 Å². The van der Waals surface area contributed by atoms with Gasteiger partial charge in [0.1, 0.15) is 11.4 Å². The second kappa shape index (κ2) is 6.45. The maximum Gasteiger partial charge on any atom is 0.415 e. The van der Waals surface area contributed by atoms with E-state index in [0.29, 0.717) is 6.61 Å². The molecule has 6 heteroatoms. The molecule has 0 saturated heterocycles. The zero-order valence-electron chi connectivity index (χ0n) is 13.9. The van der Waals surface area contributed by atoms with Crippen molar-refractivity contribution in [1.29, 1.82) is 0 Å². The van der Waals surface area contributed by atoms with Crippen LogP contribution in [0.2, 0.25) is 0 Å². The predicted octanol–water partition coefficient (Wildman–Crippen LogP) is 3.05. The van der Waals surface area contributed by atoms with E-state index >= 15 is 0 Å². The van der Waals surface area contributed by atoms with Crippen molar-refractivity contribution in [3.05, 3.63) is 47.8 Å². The first-order valence-corrected chi connectivity index (χ1v) is 9.00. The minimum absolute atomic E-state index is 0.670. The fraction of sp³-hybridized carbons (Fsp3) is 0.333. The standard InChI is InChI=1S/C18H20N3O2S/c1-13-11-20-14(10-17(13)23-9-5-8-22-2)12-24-21-16-7-4-3-6-15(16)19-18(20)21/h3-4,6-7,10-11H,5,8-9,12H2,1-2H3/q+1. The van der Waals surface area contributed by atoms with Gasteiger partial charge in [-0.15, -0.1) is 0 Å². The number of imidazole rings is 1. The third-order valence-corrected chi connectivity index (χ3v) is 5.17. The van der Waals surface area contributed by atoms with Crippen molar-refractivity contribution in [2.24, 2.45) is 0 Å². The summed E-state index contributed by atoms with van der Waals surface area (Å²) in [5, 5.41) is 0. The van der Waals surface area contributed by atoms with Gasteiger partial charge in [0.15, 0.2) is 11.0 Å². The lowest BCUT2D eigenvalue weighted by Crippen LogP contribution is -2.41. The molecule has 0 unspecified atom stereocenters. The quantitative estimate of drug-likeness (QED) is 0.528. The molecule has 3 aromatic rings. The van der Waals surface area contributed by atoms with Gasteiger partial charge in [0.25, 0.3) is 0 Å². The highest BCUT2D eigenvalue weighted by molar-refractivity contribution is 7.97. The van der Waals surface area contributed by atoms with Gasteiger partial charge in [0.05, 0.1) is 18.6 Å². The minimum atomic E-state index is 0.670. The van der Waals surface area contributed by atoms with Crippen LogP contribution in [-0.2, 0) is 10.5 Å². The fourth-order valence-electron chi connectivity index (χ4n) is 2.91. The van der Waals surface area contributed by atoms with E-state index in [9.17, 15) is 0 Å². The molecule has 0 N–H and O–H groups in total. The summed E-state index contributed by atoms with van der Waals surface area (Å²) in [7, 11) is 1.71. The molecule has 3 heterocycles. The van der Waals surface area contributed by atoms with Gasteiger partial charge >= 0.3 is 5.95 Å². The van der Waals surface area contributed by atoms with Gasteiger partial charge in [-0.05, 0) is 19.1 Å². The van der Waals surface area contributed by atoms with Crippen LogP contribution in [0, 0.1) is 6.92 Å². The molecule has 0 atom stereocenters. The number of aromatic nitrogens is 3. The van der Waals surface area contributed by atoms with Crippen molar-refractivity contribution >= 4 is 23.0 Å². The van der Waals surface area contributed by atoms with E-state index in [1.54, 1.807) is 19.1 Å². The highest BCUT2D eigenvalue weighted by Gasteiger charge is 2.29. The highest BCUT2D eigenvalue weighted by Crippen LogP contribution is 2.30. The zero-order chi connectivity index (χ0) is 16.5. The summed E-state index contributed by atoms with van der Waals surface area (Å²) in [6, 6.07) is 10.4. The number of ether oxygens (including phenoxy) is 2. The Kier molecular flexibility index (Phi) is 4.16. The molecule has 24 heavy (non-hydrogen) atoms. The molecular formula is C18H20N3O2S+. The zero-order valence-corrected chi connectivity index (χ0v) is 14.7. The van der Waals surface area contributed by atoms with Crippen molar-refractivity contribution in [3.8, 4) is 11.7 Å². The lowest BCUT2D eigenvalue weighted by Gasteiger charge is -2.16. The number of fused-ring (bicyclic) bond motifs is 5. The molecule has 2 aromatic heterocycles. The molecule has 1 aliphatic heterocycles. The molecule has 0 aliphatic carbocycles. The van der Waals surface area contributed by atoms with Crippen LogP contribution in [0.25, 0.3) is 17.0 Å². The van der Waals surface area contributed by atoms with Crippen LogP contribution in [0.15, 0.2) is 36.5 Å². The Bertz CT molecular complexity index is 891. The normalized spacial score (nSPS) is 12.9. The fourth-order valence-corrected chi connectivity index (χ4v) is 3.94. The second-order valence-corrected chi connectivity index (χ2v) is 6.76. The molecule has 5 nitrogen and oxygen atoms in total. The number of para-hydroxylation sites is 2. The summed E-state index contributed by atoms with van der Waals surface area (Å²) in [6.45, 7) is 3.47. The minimum Gasteiger partial charge on any atom is -0.493 e. The van der Waals surface area contributed by atoms with Gasteiger partial charge in [-0.3, -0.25) is 0 Å². The summed E-state index contributed by atoms with van der Waals surface area (Å²) in [5.41, 5.74) is 4.50. The first-order valence-electron chi connectivity index (χ1n) is 8.06. The third kappa shape index (κ3) is 2.65. The first kappa shape index (κ1) is 15.5. The number of methoxy groups -OCH3 is 1. The average Bonchev–Trinajstić information content (AvgIpc) is 2.98. The smallest absolute Gasteiger partial charge is 0.415 e. The lowest BCUT2D eigenvalue weighted by atomic mass is 10.2. The number of pyridine rings is 1. The number of rotatable bonds is 5. The third-order valence-electron chi connectivity index (χ3n) is 4.13. The van der Waals surface area contributed by atoms with Gasteiger partial charge in [0.2, 0.25) is 0 Å². The Hall–Kier alpha value is -2.05.